The Bertz CT molecular complexity index is 1060. The van der Waals surface area contributed by atoms with Crippen LogP contribution in [0.5, 0.6) is 0 Å². The van der Waals surface area contributed by atoms with E-state index in [9.17, 15) is 30.3 Å². The molecule has 0 aromatic rings. The molecule has 0 spiro atoms. The van der Waals surface area contributed by atoms with Crippen molar-refractivity contribution in [3.63, 3.8) is 0 Å². The Kier molecular flexibility index (Phi) is 43.1. The van der Waals surface area contributed by atoms with Crippen molar-refractivity contribution >= 4 is 5.91 Å². The summed E-state index contributed by atoms with van der Waals surface area (Å²) in [5.74, 6) is -0.175. The van der Waals surface area contributed by atoms with Gasteiger partial charge < -0.3 is 40.3 Å². The van der Waals surface area contributed by atoms with Crippen LogP contribution in [0.25, 0.3) is 0 Å². The molecule has 9 heteroatoms. The highest BCUT2D eigenvalue weighted by molar-refractivity contribution is 5.76. The summed E-state index contributed by atoms with van der Waals surface area (Å²) in [7, 11) is 0. The summed E-state index contributed by atoms with van der Waals surface area (Å²) in [6.45, 7) is 3.78. The predicted molar refractivity (Wildman–Crippen MR) is 267 cm³/mol. The van der Waals surface area contributed by atoms with Gasteiger partial charge in [0.05, 0.1) is 25.4 Å². The van der Waals surface area contributed by atoms with E-state index < -0.39 is 49.5 Å². The highest BCUT2D eigenvalue weighted by atomic mass is 16.7. The molecule has 64 heavy (non-hydrogen) atoms. The summed E-state index contributed by atoms with van der Waals surface area (Å²) in [6, 6.07) is -0.801. The van der Waals surface area contributed by atoms with Crippen LogP contribution in [0, 0.1) is 0 Å². The molecule has 0 bridgehead atoms. The van der Waals surface area contributed by atoms with Crippen LogP contribution >= 0.6 is 0 Å². The van der Waals surface area contributed by atoms with Crippen LogP contribution in [0.15, 0.2) is 24.3 Å². The summed E-state index contributed by atoms with van der Waals surface area (Å²) < 4.78 is 11.2. The standard InChI is InChI=1S/C55H105NO8/c1-3-5-7-9-11-13-15-16-17-18-19-20-21-22-23-24-25-26-27-28-29-30-31-32-33-35-37-39-41-43-45-51(59)56-48(47-63-55-54(62)53(61)52(60)50(46-57)64-55)49(58)44-42-40-38-36-34-14-12-10-8-6-4-2/h22-23,42,44,48-50,52-55,57-58,60-62H,3-21,24-41,43,45-47H2,1-2H3,(H,56,59)/b23-22-,44-42+. The Morgan fingerprint density at radius 2 is 0.875 bits per heavy atom. The summed E-state index contributed by atoms with van der Waals surface area (Å²) >= 11 is 0. The van der Waals surface area contributed by atoms with E-state index in [0.29, 0.717) is 6.42 Å². The van der Waals surface area contributed by atoms with Crippen LogP contribution in [0.4, 0.5) is 0 Å². The van der Waals surface area contributed by atoms with E-state index in [4.69, 9.17) is 9.47 Å². The molecule has 1 amide bonds. The molecule has 1 aliphatic rings. The van der Waals surface area contributed by atoms with E-state index in [2.05, 4.69) is 31.3 Å². The van der Waals surface area contributed by atoms with Crippen molar-refractivity contribution in [2.45, 2.75) is 307 Å². The maximum atomic E-state index is 13.0. The van der Waals surface area contributed by atoms with Gasteiger partial charge in [-0.3, -0.25) is 4.79 Å². The van der Waals surface area contributed by atoms with Gasteiger partial charge in [0.1, 0.15) is 24.4 Å². The van der Waals surface area contributed by atoms with Gasteiger partial charge in [0, 0.05) is 6.42 Å². The number of carbonyl (C=O) groups is 1. The highest BCUT2D eigenvalue weighted by Gasteiger charge is 2.44. The minimum Gasteiger partial charge on any atom is -0.394 e. The van der Waals surface area contributed by atoms with Gasteiger partial charge in [0.15, 0.2) is 6.29 Å². The monoisotopic (exact) mass is 908 g/mol. The van der Waals surface area contributed by atoms with Crippen molar-refractivity contribution in [1.29, 1.82) is 0 Å². The average molecular weight is 908 g/mol. The number of nitrogens with one attached hydrogen (secondary N) is 1. The first-order valence-corrected chi connectivity index (χ1v) is 27.6. The van der Waals surface area contributed by atoms with Crippen LogP contribution in [-0.2, 0) is 14.3 Å². The van der Waals surface area contributed by atoms with Crippen molar-refractivity contribution in [2.75, 3.05) is 13.2 Å². The fourth-order valence-electron chi connectivity index (χ4n) is 8.86. The third kappa shape index (κ3) is 34.9. The number of amides is 1. The molecule has 9 nitrogen and oxygen atoms in total. The van der Waals surface area contributed by atoms with Gasteiger partial charge in [-0.05, 0) is 44.9 Å². The zero-order chi connectivity index (χ0) is 46.6. The number of hydrogen-bond acceptors (Lipinski definition) is 8. The summed E-state index contributed by atoms with van der Waals surface area (Å²) in [4.78, 5) is 13.0. The van der Waals surface area contributed by atoms with Gasteiger partial charge in [-0.2, -0.15) is 0 Å². The molecule has 0 aliphatic carbocycles. The van der Waals surface area contributed by atoms with Crippen molar-refractivity contribution < 1.29 is 39.8 Å². The van der Waals surface area contributed by atoms with Gasteiger partial charge in [-0.15, -0.1) is 0 Å². The second-order valence-corrected chi connectivity index (χ2v) is 19.4. The number of aliphatic hydroxyl groups excluding tert-OH is 5. The van der Waals surface area contributed by atoms with E-state index in [1.54, 1.807) is 6.08 Å². The van der Waals surface area contributed by atoms with Crippen LogP contribution < -0.4 is 5.32 Å². The van der Waals surface area contributed by atoms with E-state index in [1.165, 1.54) is 205 Å². The molecule has 1 saturated heterocycles. The van der Waals surface area contributed by atoms with Crippen LogP contribution in [0.1, 0.15) is 264 Å². The lowest BCUT2D eigenvalue weighted by molar-refractivity contribution is -0.302. The summed E-state index contributed by atoms with van der Waals surface area (Å²) in [5, 5.41) is 54.3. The molecule has 0 aromatic carbocycles. The molecular formula is C55H105NO8. The second-order valence-electron chi connectivity index (χ2n) is 19.4. The first-order chi connectivity index (χ1) is 31.3. The Labute approximate surface area is 394 Å². The average Bonchev–Trinajstić information content (AvgIpc) is 3.29. The Hall–Kier alpha value is -1.33. The minimum absolute atomic E-state index is 0.175. The van der Waals surface area contributed by atoms with E-state index in [0.717, 1.165) is 38.5 Å². The predicted octanol–water partition coefficient (Wildman–Crippen LogP) is 13.0. The van der Waals surface area contributed by atoms with Crippen molar-refractivity contribution in [3.05, 3.63) is 24.3 Å². The Balaban J connectivity index is 2.12. The first kappa shape index (κ1) is 60.7. The van der Waals surface area contributed by atoms with E-state index >= 15 is 0 Å². The molecule has 6 N–H and O–H groups in total. The van der Waals surface area contributed by atoms with Crippen LogP contribution in [0.2, 0.25) is 0 Å². The second kappa shape index (κ2) is 45.5. The number of carbonyl (C=O) groups excluding carboxylic acids is 1. The summed E-state index contributed by atoms with van der Waals surface area (Å²) in [5.41, 5.74) is 0. The molecule has 1 aliphatic heterocycles. The Morgan fingerprint density at radius 3 is 1.27 bits per heavy atom. The molecule has 7 atom stereocenters. The van der Waals surface area contributed by atoms with Gasteiger partial charge in [0.25, 0.3) is 0 Å². The van der Waals surface area contributed by atoms with Crippen LogP contribution in [-0.4, -0.2) is 87.5 Å². The molecular weight excluding hydrogens is 803 g/mol. The maximum Gasteiger partial charge on any atom is 0.220 e. The van der Waals surface area contributed by atoms with E-state index in [-0.39, 0.29) is 12.5 Å². The van der Waals surface area contributed by atoms with Gasteiger partial charge >= 0.3 is 0 Å². The third-order valence-electron chi connectivity index (χ3n) is 13.3. The fourth-order valence-corrected chi connectivity index (χ4v) is 8.86. The zero-order valence-corrected chi connectivity index (χ0v) is 41.8. The maximum absolute atomic E-state index is 13.0. The lowest BCUT2D eigenvalue weighted by Gasteiger charge is -2.40. The molecule has 0 saturated carbocycles. The molecule has 0 radical (unpaired) electrons. The SMILES string of the molecule is CCCCCCCCCCC/C=C/C(O)C(COC1OC(CO)C(O)C(O)C1O)NC(=O)CCCCCCCCCCCCCCCC/C=C\CCCCCCCCCCCCCC. The molecule has 1 fully saturated rings. The highest BCUT2D eigenvalue weighted by Crippen LogP contribution is 2.23. The quantitative estimate of drug-likeness (QED) is 0.0261. The Morgan fingerprint density at radius 1 is 0.516 bits per heavy atom. The number of hydrogen-bond donors (Lipinski definition) is 6. The lowest BCUT2D eigenvalue weighted by Crippen LogP contribution is -2.60. The van der Waals surface area contributed by atoms with Crippen LogP contribution in [0.3, 0.4) is 0 Å². The summed E-state index contributed by atoms with van der Waals surface area (Å²) in [6.07, 6.45) is 49.7. The molecule has 0 aromatic heterocycles. The number of allylic oxidation sites excluding steroid dienone is 3. The van der Waals surface area contributed by atoms with Gasteiger partial charge in [-0.1, -0.05) is 237 Å². The molecule has 1 rings (SSSR count). The topological polar surface area (TPSA) is 149 Å². The van der Waals surface area contributed by atoms with Crippen molar-refractivity contribution in [2.24, 2.45) is 0 Å². The lowest BCUT2D eigenvalue weighted by atomic mass is 9.99. The third-order valence-corrected chi connectivity index (χ3v) is 13.3. The number of aliphatic hydroxyl groups is 5. The van der Waals surface area contributed by atoms with Gasteiger partial charge in [0.2, 0.25) is 5.91 Å². The molecule has 1 heterocycles. The first-order valence-electron chi connectivity index (χ1n) is 27.6. The number of unbranched alkanes of at least 4 members (excludes halogenated alkanes) is 35. The molecule has 378 valence electrons. The van der Waals surface area contributed by atoms with E-state index in [1.807, 2.05) is 6.08 Å². The zero-order valence-electron chi connectivity index (χ0n) is 41.8. The minimum atomic E-state index is -1.56. The van der Waals surface area contributed by atoms with Crippen molar-refractivity contribution in [1.82, 2.24) is 5.32 Å². The fraction of sp³-hybridized carbons (Fsp3) is 0.909. The largest absolute Gasteiger partial charge is 0.394 e. The smallest absolute Gasteiger partial charge is 0.220 e. The normalized spacial score (nSPS) is 20.1. The number of ether oxygens (including phenoxy) is 2. The van der Waals surface area contributed by atoms with Gasteiger partial charge in [-0.25, -0.2) is 0 Å². The molecule has 7 unspecified atom stereocenters. The van der Waals surface area contributed by atoms with Crippen molar-refractivity contribution in [3.8, 4) is 0 Å². The number of rotatable bonds is 47.